The minimum atomic E-state index is -0.319. The molecule has 0 saturated carbocycles. The minimum Gasteiger partial charge on any atom is -0.348 e. The number of nitrogens with zero attached hydrogens (tertiary/aromatic N) is 2. The minimum absolute atomic E-state index is 0.0705. The van der Waals surface area contributed by atoms with Crippen LogP contribution in [0.3, 0.4) is 0 Å². The largest absolute Gasteiger partial charge is 0.348 e. The maximum Gasteiger partial charge on any atom is 0.253 e. The number of carbonyl (C=O) groups is 1. The van der Waals surface area contributed by atoms with Crippen LogP contribution in [0.1, 0.15) is 42.7 Å². The zero-order chi connectivity index (χ0) is 18.0. The highest BCUT2D eigenvalue weighted by Crippen LogP contribution is 2.18. The van der Waals surface area contributed by atoms with Gasteiger partial charge >= 0.3 is 0 Å². The summed E-state index contributed by atoms with van der Waals surface area (Å²) in [6, 6.07) is 6.31. The first-order chi connectivity index (χ1) is 11.9. The summed E-state index contributed by atoms with van der Waals surface area (Å²) < 4.78 is 13.3. The van der Waals surface area contributed by atoms with Crippen molar-refractivity contribution in [3.63, 3.8) is 0 Å². The van der Waals surface area contributed by atoms with Gasteiger partial charge in [0.05, 0.1) is 16.8 Å². The van der Waals surface area contributed by atoms with E-state index in [1.54, 1.807) is 19.1 Å². The second kappa shape index (κ2) is 7.48. The summed E-state index contributed by atoms with van der Waals surface area (Å²) in [5, 5.41) is 3.85. The summed E-state index contributed by atoms with van der Waals surface area (Å²) in [4.78, 5) is 19.5. The summed E-state index contributed by atoms with van der Waals surface area (Å²) in [5.41, 5.74) is 1.75. The molecule has 134 valence electrons. The van der Waals surface area contributed by atoms with Crippen LogP contribution in [0.5, 0.6) is 0 Å². The topological polar surface area (TPSA) is 45.2 Å². The highest BCUT2D eigenvalue weighted by Gasteiger charge is 2.20. The highest BCUT2D eigenvalue weighted by atomic mass is 19.1. The van der Waals surface area contributed by atoms with E-state index in [1.807, 2.05) is 6.92 Å². The Morgan fingerprint density at radius 3 is 3.00 bits per heavy atom. The number of likely N-dealkylation sites (tertiary alicyclic amines) is 1. The molecule has 2 aromatic rings. The predicted molar refractivity (Wildman–Crippen MR) is 98.2 cm³/mol. The fourth-order valence-electron chi connectivity index (χ4n) is 3.65. The summed E-state index contributed by atoms with van der Waals surface area (Å²) in [7, 11) is 0. The standard InChI is InChI=1S/C20H26FN3O/c1-13-5-4-8-24(11-13)12-14(2)22-20(25)18-9-16-6-7-17(21)10-19(16)23-15(18)3/h6-7,9-10,13-14H,4-5,8,11-12H2,1-3H3,(H,22,25)/t13-,14+/m1/s1. The Balaban J connectivity index is 1.69. The molecule has 3 rings (SSSR count). The molecule has 2 atom stereocenters. The number of carbonyl (C=O) groups excluding carboxylic acids is 1. The molecule has 1 aliphatic rings. The van der Waals surface area contributed by atoms with E-state index >= 15 is 0 Å². The number of benzene rings is 1. The lowest BCUT2D eigenvalue weighted by molar-refractivity contribution is 0.0919. The van der Waals surface area contributed by atoms with Gasteiger partial charge in [0.15, 0.2) is 0 Å². The Hall–Kier alpha value is -2.01. The number of hydrogen-bond donors (Lipinski definition) is 1. The Labute approximate surface area is 148 Å². The number of amides is 1. The van der Waals surface area contributed by atoms with E-state index in [4.69, 9.17) is 0 Å². The van der Waals surface area contributed by atoms with Crippen LogP contribution >= 0.6 is 0 Å². The van der Waals surface area contributed by atoms with Crippen LogP contribution in [-0.2, 0) is 0 Å². The molecule has 0 unspecified atom stereocenters. The number of hydrogen-bond acceptors (Lipinski definition) is 3. The second-order valence-corrected chi connectivity index (χ2v) is 7.34. The Kier molecular flexibility index (Phi) is 5.33. The molecule has 1 fully saturated rings. The zero-order valence-corrected chi connectivity index (χ0v) is 15.2. The molecule has 1 saturated heterocycles. The van der Waals surface area contributed by atoms with Gasteiger partial charge in [0, 0.05) is 30.6 Å². The van der Waals surface area contributed by atoms with Gasteiger partial charge in [0.2, 0.25) is 0 Å². The maximum atomic E-state index is 13.3. The first kappa shape index (κ1) is 17.8. The molecule has 0 aliphatic carbocycles. The number of aromatic nitrogens is 1. The van der Waals surface area contributed by atoms with Gasteiger partial charge in [-0.25, -0.2) is 4.39 Å². The third-order valence-electron chi connectivity index (χ3n) is 4.87. The number of piperidine rings is 1. The van der Waals surface area contributed by atoms with Gasteiger partial charge in [-0.2, -0.15) is 0 Å². The van der Waals surface area contributed by atoms with Crippen molar-refractivity contribution >= 4 is 16.8 Å². The second-order valence-electron chi connectivity index (χ2n) is 7.34. The number of aryl methyl sites for hydroxylation is 1. The van der Waals surface area contributed by atoms with E-state index in [2.05, 4.69) is 22.1 Å². The third-order valence-corrected chi connectivity index (χ3v) is 4.87. The molecule has 1 aromatic carbocycles. The third kappa shape index (κ3) is 4.34. The van der Waals surface area contributed by atoms with Crippen LogP contribution in [0.25, 0.3) is 10.9 Å². The van der Waals surface area contributed by atoms with Crippen LogP contribution in [0.2, 0.25) is 0 Å². The molecular formula is C20H26FN3O. The molecule has 25 heavy (non-hydrogen) atoms. The maximum absolute atomic E-state index is 13.3. The molecule has 2 heterocycles. The molecule has 0 spiro atoms. The highest BCUT2D eigenvalue weighted by molar-refractivity contribution is 5.98. The van der Waals surface area contributed by atoms with Gasteiger partial charge < -0.3 is 10.2 Å². The van der Waals surface area contributed by atoms with Crippen LogP contribution in [-0.4, -0.2) is 41.5 Å². The van der Waals surface area contributed by atoms with Crippen molar-refractivity contribution in [1.82, 2.24) is 15.2 Å². The Morgan fingerprint density at radius 1 is 1.44 bits per heavy atom. The summed E-state index contributed by atoms with van der Waals surface area (Å²) in [6.45, 7) is 9.17. The van der Waals surface area contributed by atoms with E-state index in [1.165, 1.54) is 25.0 Å². The van der Waals surface area contributed by atoms with Gasteiger partial charge in [-0.3, -0.25) is 9.78 Å². The van der Waals surface area contributed by atoms with Gasteiger partial charge in [0.1, 0.15) is 5.82 Å². The normalized spacial score (nSPS) is 19.8. The Bertz CT molecular complexity index is 777. The Morgan fingerprint density at radius 2 is 2.24 bits per heavy atom. The average Bonchev–Trinajstić information content (AvgIpc) is 2.53. The number of halogens is 1. The number of rotatable bonds is 4. The van der Waals surface area contributed by atoms with Crippen molar-refractivity contribution in [1.29, 1.82) is 0 Å². The molecule has 1 N–H and O–H groups in total. The number of fused-ring (bicyclic) bond motifs is 1. The molecule has 0 bridgehead atoms. The van der Waals surface area contributed by atoms with E-state index in [-0.39, 0.29) is 17.8 Å². The quantitative estimate of drug-likeness (QED) is 0.924. The lowest BCUT2D eigenvalue weighted by atomic mass is 10.00. The molecular weight excluding hydrogens is 317 g/mol. The zero-order valence-electron chi connectivity index (χ0n) is 15.2. The fourth-order valence-corrected chi connectivity index (χ4v) is 3.65. The molecule has 0 radical (unpaired) electrons. The molecule has 1 amide bonds. The van der Waals surface area contributed by atoms with Gasteiger partial charge in [-0.15, -0.1) is 0 Å². The summed E-state index contributed by atoms with van der Waals surface area (Å²) in [6.07, 6.45) is 2.52. The van der Waals surface area contributed by atoms with Crippen LogP contribution in [0.4, 0.5) is 4.39 Å². The smallest absolute Gasteiger partial charge is 0.253 e. The van der Waals surface area contributed by atoms with Crippen molar-refractivity contribution in [2.75, 3.05) is 19.6 Å². The predicted octanol–water partition coefficient (Wildman–Crippen LogP) is 3.53. The van der Waals surface area contributed by atoms with Crippen molar-refractivity contribution in [3.05, 3.63) is 41.3 Å². The fraction of sp³-hybridized carbons (Fsp3) is 0.500. The van der Waals surface area contributed by atoms with E-state index in [9.17, 15) is 9.18 Å². The summed E-state index contributed by atoms with van der Waals surface area (Å²) >= 11 is 0. The van der Waals surface area contributed by atoms with Crippen molar-refractivity contribution in [3.8, 4) is 0 Å². The van der Waals surface area contributed by atoms with E-state index in [0.717, 1.165) is 30.9 Å². The van der Waals surface area contributed by atoms with Gasteiger partial charge in [0.25, 0.3) is 5.91 Å². The van der Waals surface area contributed by atoms with E-state index in [0.29, 0.717) is 16.8 Å². The lowest BCUT2D eigenvalue weighted by Crippen LogP contribution is -2.45. The number of pyridine rings is 1. The molecule has 1 aromatic heterocycles. The van der Waals surface area contributed by atoms with Crippen LogP contribution < -0.4 is 5.32 Å². The van der Waals surface area contributed by atoms with Crippen LogP contribution in [0, 0.1) is 18.7 Å². The molecule has 1 aliphatic heterocycles. The molecule has 4 nitrogen and oxygen atoms in total. The van der Waals surface area contributed by atoms with Crippen molar-refractivity contribution in [2.45, 2.75) is 39.7 Å². The van der Waals surface area contributed by atoms with E-state index < -0.39 is 0 Å². The average molecular weight is 343 g/mol. The first-order valence-corrected chi connectivity index (χ1v) is 9.02. The monoisotopic (exact) mass is 343 g/mol. The summed E-state index contributed by atoms with van der Waals surface area (Å²) in [5.74, 6) is 0.291. The first-order valence-electron chi connectivity index (χ1n) is 9.02. The van der Waals surface area contributed by atoms with Gasteiger partial charge in [-0.1, -0.05) is 6.92 Å². The number of nitrogens with one attached hydrogen (secondary N) is 1. The van der Waals surface area contributed by atoms with Crippen molar-refractivity contribution in [2.24, 2.45) is 5.92 Å². The SMILES string of the molecule is Cc1nc2cc(F)ccc2cc1C(=O)N[C@@H](C)CN1CCC[C@@H](C)C1. The van der Waals surface area contributed by atoms with Crippen LogP contribution in [0.15, 0.2) is 24.3 Å². The van der Waals surface area contributed by atoms with Crippen molar-refractivity contribution < 1.29 is 9.18 Å². The molecule has 5 heteroatoms. The van der Waals surface area contributed by atoms with Gasteiger partial charge in [-0.05, 0) is 57.4 Å². The lowest BCUT2D eigenvalue weighted by Gasteiger charge is -2.32.